The lowest BCUT2D eigenvalue weighted by molar-refractivity contribution is -0.121. The summed E-state index contributed by atoms with van der Waals surface area (Å²) in [5, 5.41) is 10.5. The fraction of sp³-hybridized carbons (Fsp3) is 0.500. The van der Waals surface area contributed by atoms with Gasteiger partial charge in [-0.05, 0) is 43.4 Å². The van der Waals surface area contributed by atoms with Gasteiger partial charge in [-0.3, -0.25) is 10.1 Å². The number of nitrogens with zero attached hydrogens (tertiary/aromatic N) is 3. The molecule has 1 aliphatic heterocycles. The van der Waals surface area contributed by atoms with Gasteiger partial charge in [0.05, 0.1) is 18.6 Å². The minimum Gasteiger partial charge on any atom is -0.407 e. The number of carbonyl (C=O) groups excluding carboxylic acids is 1. The monoisotopic (exact) mass is 392 g/mol. The molecule has 146 valence electrons. The number of sulfonamides is 1. The Bertz CT molecular complexity index is 939. The number of nitrogens with one attached hydrogen (secondary N) is 1. The SMILES string of the molecule is Cc1ccc(Cc2nnc(NC(=O)C3CCCN(S(C)(=O)=O)C3)o2)cc1C. The summed E-state index contributed by atoms with van der Waals surface area (Å²) in [6.07, 6.45) is 2.91. The minimum absolute atomic E-state index is 0.0373. The molecular weight excluding hydrogens is 368 g/mol. The van der Waals surface area contributed by atoms with E-state index < -0.39 is 15.9 Å². The van der Waals surface area contributed by atoms with Crippen LogP contribution in [-0.2, 0) is 21.2 Å². The van der Waals surface area contributed by atoms with Gasteiger partial charge in [0.2, 0.25) is 21.8 Å². The van der Waals surface area contributed by atoms with Crippen molar-refractivity contribution in [3.63, 3.8) is 0 Å². The van der Waals surface area contributed by atoms with Crippen molar-refractivity contribution in [3.05, 3.63) is 40.8 Å². The zero-order chi connectivity index (χ0) is 19.6. The predicted molar refractivity (Wildman–Crippen MR) is 101 cm³/mol. The molecule has 1 fully saturated rings. The zero-order valence-electron chi connectivity index (χ0n) is 15.7. The van der Waals surface area contributed by atoms with E-state index in [-0.39, 0.29) is 18.5 Å². The number of hydrogen-bond acceptors (Lipinski definition) is 6. The molecular formula is C18H24N4O4S. The number of piperidine rings is 1. The van der Waals surface area contributed by atoms with E-state index in [0.717, 1.165) is 11.8 Å². The third-order valence-electron chi connectivity index (χ3n) is 4.85. The van der Waals surface area contributed by atoms with Gasteiger partial charge in [0.1, 0.15) is 0 Å². The molecule has 1 aliphatic rings. The maximum atomic E-state index is 12.4. The van der Waals surface area contributed by atoms with E-state index in [4.69, 9.17) is 4.42 Å². The Morgan fingerprint density at radius 3 is 2.78 bits per heavy atom. The first kappa shape index (κ1) is 19.5. The third-order valence-corrected chi connectivity index (χ3v) is 6.12. The summed E-state index contributed by atoms with van der Waals surface area (Å²) >= 11 is 0. The molecule has 0 saturated carbocycles. The first-order valence-corrected chi connectivity index (χ1v) is 10.7. The van der Waals surface area contributed by atoms with Crippen LogP contribution in [0.15, 0.2) is 22.6 Å². The summed E-state index contributed by atoms with van der Waals surface area (Å²) in [6.45, 7) is 4.72. The summed E-state index contributed by atoms with van der Waals surface area (Å²) in [5.74, 6) is -0.316. The first-order chi connectivity index (χ1) is 12.7. The smallest absolute Gasteiger partial charge is 0.322 e. The van der Waals surface area contributed by atoms with E-state index in [2.05, 4.69) is 28.5 Å². The standard InChI is InChI=1S/C18H24N4O4S/c1-12-6-7-14(9-13(12)2)10-16-20-21-18(26-16)19-17(23)15-5-4-8-22(11-15)27(3,24)25/h6-7,9,15H,4-5,8,10-11H2,1-3H3,(H,19,21,23). The Morgan fingerprint density at radius 1 is 1.30 bits per heavy atom. The average molecular weight is 392 g/mol. The van der Waals surface area contributed by atoms with Gasteiger partial charge in [0.25, 0.3) is 0 Å². The highest BCUT2D eigenvalue weighted by atomic mass is 32.2. The van der Waals surface area contributed by atoms with Gasteiger partial charge in [-0.25, -0.2) is 12.7 Å². The lowest BCUT2D eigenvalue weighted by Gasteiger charge is -2.29. The summed E-state index contributed by atoms with van der Waals surface area (Å²) in [5.41, 5.74) is 3.46. The van der Waals surface area contributed by atoms with Crippen molar-refractivity contribution in [2.75, 3.05) is 24.7 Å². The summed E-state index contributed by atoms with van der Waals surface area (Å²) in [6, 6.07) is 6.15. The topological polar surface area (TPSA) is 105 Å². The lowest BCUT2D eigenvalue weighted by atomic mass is 9.99. The third kappa shape index (κ3) is 4.92. The molecule has 9 heteroatoms. The number of anilines is 1. The Kier molecular flexibility index (Phi) is 5.61. The molecule has 3 rings (SSSR count). The molecule has 1 atom stereocenters. The second-order valence-corrected chi connectivity index (χ2v) is 9.03. The van der Waals surface area contributed by atoms with Gasteiger partial charge in [0, 0.05) is 13.1 Å². The van der Waals surface area contributed by atoms with Crippen LogP contribution in [0.1, 0.15) is 35.4 Å². The van der Waals surface area contributed by atoms with E-state index in [9.17, 15) is 13.2 Å². The molecule has 0 bridgehead atoms. The molecule has 1 aromatic heterocycles. The van der Waals surface area contributed by atoms with Crippen LogP contribution in [0.4, 0.5) is 6.01 Å². The number of aryl methyl sites for hydroxylation is 2. The van der Waals surface area contributed by atoms with Crippen LogP contribution in [0.2, 0.25) is 0 Å². The molecule has 8 nitrogen and oxygen atoms in total. The highest BCUT2D eigenvalue weighted by Crippen LogP contribution is 2.21. The Morgan fingerprint density at radius 2 is 2.07 bits per heavy atom. The predicted octanol–water partition coefficient (Wildman–Crippen LogP) is 1.89. The Hall–Kier alpha value is -2.26. The number of carbonyl (C=O) groups is 1. The molecule has 1 unspecified atom stereocenters. The van der Waals surface area contributed by atoms with Crippen LogP contribution >= 0.6 is 0 Å². The maximum absolute atomic E-state index is 12.4. The van der Waals surface area contributed by atoms with Crippen LogP contribution < -0.4 is 5.32 Å². The Labute approximate surface area is 159 Å². The van der Waals surface area contributed by atoms with Gasteiger partial charge < -0.3 is 4.42 Å². The molecule has 0 spiro atoms. The summed E-state index contributed by atoms with van der Waals surface area (Å²) in [4.78, 5) is 12.4. The van der Waals surface area contributed by atoms with Crippen molar-refractivity contribution in [3.8, 4) is 0 Å². The van der Waals surface area contributed by atoms with Crippen LogP contribution in [-0.4, -0.2) is 48.2 Å². The second kappa shape index (κ2) is 7.77. The fourth-order valence-electron chi connectivity index (χ4n) is 3.13. The molecule has 1 aromatic carbocycles. The molecule has 1 N–H and O–H groups in total. The van der Waals surface area contributed by atoms with Gasteiger partial charge in [-0.1, -0.05) is 23.3 Å². The number of amides is 1. The molecule has 2 heterocycles. The van der Waals surface area contributed by atoms with Crippen molar-refractivity contribution < 1.29 is 17.6 Å². The quantitative estimate of drug-likeness (QED) is 0.833. The molecule has 0 radical (unpaired) electrons. The van der Waals surface area contributed by atoms with Crippen molar-refractivity contribution in [1.82, 2.24) is 14.5 Å². The number of rotatable bonds is 5. The van der Waals surface area contributed by atoms with Crippen molar-refractivity contribution in [2.24, 2.45) is 5.92 Å². The number of benzene rings is 1. The lowest BCUT2D eigenvalue weighted by Crippen LogP contribution is -2.43. The van der Waals surface area contributed by atoms with E-state index in [1.54, 1.807) is 0 Å². The van der Waals surface area contributed by atoms with Gasteiger partial charge >= 0.3 is 6.01 Å². The number of aromatic nitrogens is 2. The average Bonchev–Trinajstić information content (AvgIpc) is 3.04. The van der Waals surface area contributed by atoms with E-state index >= 15 is 0 Å². The maximum Gasteiger partial charge on any atom is 0.322 e. The molecule has 1 saturated heterocycles. The van der Waals surface area contributed by atoms with E-state index in [1.165, 1.54) is 15.4 Å². The highest BCUT2D eigenvalue weighted by molar-refractivity contribution is 7.88. The van der Waals surface area contributed by atoms with Gasteiger partial charge in [0.15, 0.2) is 0 Å². The van der Waals surface area contributed by atoms with E-state index in [0.29, 0.717) is 31.7 Å². The molecule has 0 aliphatic carbocycles. The summed E-state index contributed by atoms with van der Waals surface area (Å²) in [7, 11) is -3.30. The van der Waals surface area contributed by atoms with Crippen LogP contribution in [0, 0.1) is 19.8 Å². The molecule has 1 amide bonds. The first-order valence-electron chi connectivity index (χ1n) is 8.87. The fourth-order valence-corrected chi connectivity index (χ4v) is 4.04. The zero-order valence-corrected chi connectivity index (χ0v) is 16.5. The normalized spacial score (nSPS) is 18.4. The van der Waals surface area contributed by atoms with Gasteiger partial charge in [-0.15, -0.1) is 5.10 Å². The van der Waals surface area contributed by atoms with Gasteiger partial charge in [-0.2, -0.15) is 0 Å². The van der Waals surface area contributed by atoms with Crippen molar-refractivity contribution in [1.29, 1.82) is 0 Å². The van der Waals surface area contributed by atoms with Crippen LogP contribution in [0.5, 0.6) is 0 Å². The molecule has 2 aromatic rings. The van der Waals surface area contributed by atoms with Crippen LogP contribution in [0.25, 0.3) is 0 Å². The van der Waals surface area contributed by atoms with E-state index in [1.807, 2.05) is 19.1 Å². The second-order valence-electron chi connectivity index (χ2n) is 7.05. The number of hydrogen-bond donors (Lipinski definition) is 1. The largest absolute Gasteiger partial charge is 0.407 e. The van der Waals surface area contributed by atoms with Crippen molar-refractivity contribution >= 4 is 21.9 Å². The summed E-state index contributed by atoms with van der Waals surface area (Å²) < 4.78 is 30.2. The Balaban J connectivity index is 1.61. The minimum atomic E-state index is -3.30. The molecule has 27 heavy (non-hydrogen) atoms. The van der Waals surface area contributed by atoms with Crippen LogP contribution in [0.3, 0.4) is 0 Å². The van der Waals surface area contributed by atoms with Crippen molar-refractivity contribution in [2.45, 2.75) is 33.1 Å². The highest BCUT2D eigenvalue weighted by Gasteiger charge is 2.30.